The summed E-state index contributed by atoms with van der Waals surface area (Å²) in [5.74, 6) is 0.799. The quantitative estimate of drug-likeness (QED) is 0.467. The van der Waals surface area contributed by atoms with Crippen LogP contribution < -0.4 is 0 Å². The van der Waals surface area contributed by atoms with Crippen molar-refractivity contribution in [2.75, 3.05) is 14.2 Å². The van der Waals surface area contributed by atoms with Crippen LogP contribution in [0, 0.1) is 0 Å². The zero-order valence-electron chi connectivity index (χ0n) is 10.5. The lowest BCUT2D eigenvalue weighted by molar-refractivity contribution is 0.0626. The molecular weight excluding hydrogens is 255 g/mol. The summed E-state index contributed by atoms with van der Waals surface area (Å²) in [6, 6.07) is 8.50. The molecule has 0 aromatic heterocycles. The molecule has 0 unspecified atom stereocenters. The summed E-state index contributed by atoms with van der Waals surface area (Å²) in [6.07, 6.45) is 0. The van der Waals surface area contributed by atoms with Crippen LogP contribution in [0.4, 0.5) is 0 Å². The third-order valence-corrected chi connectivity index (χ3v) is 3.81. The molecule has 0 saturated heterocycles. The van der Waals surface area contributed by atoms with E-state index in [0.29, 0.717) is 5.56 Å². The standard InChI is InChI=1S/C12H15O5P/c1-10(9-18(14,15-2)16-3)17-12(13)11-7-5-4-6-8-11/h4-9H,1-3H3/b10-9-. The Balaban J connectivity index is 2.77. The number of benzene rings is 1. The highest BCUT2D eigenvalue weighted by atomic mass is 31.2. The minimum atomic E-state index is -3.32. The van der Waals surface area contributed by atoms with Crippen molar-refractivity contribution in [2.24, 2.45) is 0 Å². The van der Waals surface area contributed by atoms with Crippen LogP contribution in [0.2, 0.25) is 0 Å². The van der Waals surface area contributed by atoms with Crippen LogP contribution in [-0.2, 0) is 18.3 Å². The van der Waals surface area contributed by atoms with E-state index in [4.69, 9.17) is 13.8 Å². The predicted octanol–water partition coefficient (Wildman–Crippen LogP) is 3.19. The van der Waals surface area contributed by atoms with Crippen molar-refractivity contribution < 1.29 is 23.1 Å². The molecule has 6 heteroatoms. The van der Waals surface area contributed by atoms with Gasteiger partial charge in [0.05, 0.1) is 11.4 Å². The first-order valence-electron chi connectivity index (χ1n) is 5.18. The van der Waals surface area contributed by atoms with Gasteiger partial charge < -0.3 is 13.8 Å². The summed E-state index contributed by atoms with van der Waals surface area (Å²) in [4.78, 5) is 11.7. The van der Waals surface area contributed by atoms with Crippen LogP contribution in [-0.4, -0.2) is 20.2 Å². The van der Waals surface area contributed by atoms with Crippen LogP contribution in [0.5, 0.6) is 0 Å². The zero-order chi connectivity index (χ0) is 13.6. The molecule has 0 saturated carbocycles. The van der Waals surface area contributed by atoms with E-state index in [-0.39, 0.29) is 5.76 Å². The van der Waals surface area contributed by atoms with Crippen molar-refractivity contribution in [3.05, 3.63) is 47.5 Å². The van der Waals surface area contributed by atoms with Gasteiger partial charge in [-0.25, -0.2) is 4.79 Å². The molecule has 1 aromatic carbocycles. The van der Waals surface area contributed by atoms with Crippen LogP contribution in [0.25, 0.3) is 0 Å². The van der Waals surface area contributed by atoms with Crippen molar-refractivity contribution in [1.82, 2.24) is 0 Å². The zero-order valence-corrected chi connectivity index (χ0v) is 11.3. The maximum atomic E-state index is 11.8. The molecule has 5 nitrogen and oxygen atoms in total. The summed E-state index contributed by atoms with van der Waals surface area (Å²) in [7, 11) is -0.810. The molecule has 1 aromatic rings. The molecule has 0 atom stereocenters. The highest BCUT2D eigenvalue weighted by molar-refractivity contribution is 7.57. The van der Waals surface area contributed by atoms with Crippen molar-refractivity contribution in [1.29, 1.82) is 0 Å². The topological polar surface area (TPSA) is 61.8 Å². The fraction of sp³-hybridized carbons (Fsp3) is 0.250. The van der Waals surface area contributed by atoms with E-state index < -0.39 is 13.6 Å². The van der Waals surface area contributed by atoms with Gasteiger partial charge in [-0.2, -0.15) is 0 Å². The highest BCUT2D eigenvalue weighted by Crippen LogP contribution is 2.48. The minimum absolute atomic E-state index is 0.163. The van der Waals surface area contributed by atoms with Crippen molar-refractivity contribution >= 4 is 13.6 Å². The predicted molar refractivity (Wildman–Crippen MR) is 67.2 cm³/mol. The lowest BCUT2D eigenvalue weighted by atomic mass is 10.2. The smallest absolute Gasteiger partial charge is 0.357 e. The molecule has 98 valence electrons. The third kappa shape index (κ3) is 4.11. The normalized spacial score (nSPS) is 12.3. The molecule has 0 spiro atoms. The Morgan fingerprint density at radius 1 is 1.17 bits per heavy atom. The van der Waals surface area contributed by atoms with Gasteiger partial charge in [-0.05, 0) is 19.1 Å². The van der Waals surface area contributed by atoms with Gasteiger partial charge in [0.15, 0.2) is 0 Å². The van der Waals surface area contributed by atoms with Gasteiger partial charge in [0, 0.05) is 14.2 Å². The second-order valence-corrected chi connectivity index (χ2v) is 5.47. The molecule has 0 aliphatic heterocycles. The average molecular weight is 270 g/mol. The van der Waals surface area contributed by atoms with E-state index in [1.54, 1.807) is 30.3 Å². The summed E-state index contributed by atoms with van der Waals surface area (Å²) in [5, 5.41) is 0. The first kappa shape index (κ1) is 14.6. The Morgan fingerprint density at radius 3 is 2.22 bits per heavy atom. The molecule has 0 aliphatic rings. The summed E-state index contributed by atoms with van der Waals surface area (Å²) in [5.41, 5.74) is 0.412. The Hall–Kier alpha value is -1.42. The summed E-state index contributed by atoms with van der Waals surface area (Å²) in [6.45, 7) is 1.51. The van der Waals surface area contributed by atoms with Gasteiger partial charge in [-0.3, -0.25) is 4.57 Å². The van der Waals surface area contributed by atoms with Gasteiger partial charge in [-0.15, -0.1) is 0 Å². The fourth-order valence-corrected chi connectivity index (χ4v) is 2.07. The summed E-state index contributed by atoms with van der Waals surface area (Å²) < 4.78 is 26.2. The second-order valence-electron chi connectivity index (χ2n) is 3.40. The van der Waals surface area contributed by atoms with Crippen LogP contribution in [0.3, 0.4) is 0 Å². The SMILES string of the molecule is COP(=O)(/C=C(/C)OC(=O)c1ccccc1)OC. The number of hydrogen-bond acceptors (Lipinski definition) is 5. The number of ether oxygens (including phenoxy) is 1. The molecule has 0 aliphatic carbocycles. The van der Waals surface area contributed by atoms with Gasteiger partial charge in [0.2, 0.25) is 0 Å². The van der Waals surface area contributed by atoms with E-state index >= 15 is 0 Å². The van der Waals surface area contributed by atoms with Crippen molar-refractivity contribution in [3.8, 4) is 0 Å². The molecule has 0 bridgehead atoms. The lowest BCUT2D eigenvalue weighted by Crippen LogP contribution is -2.03. The average Bonchev–Trinajstić information content (AvgIpc) is 2.39. The number of esters is 1. The molecule has 18 heavy (non-hydrogen) atoms. The highest BCUT2D eigenvalue weighted by Gasteiger charge is 2.19. The first-order chi connectivity index (χ1) is 8.50. The summed E-state index contributed by atoms with van der Waals surface area (Å²) >= 11 is 0. The molecule has 0 fully saturated rings. The Kier molecular flexibility index (Phi) is 5.28. The molecule has 0 radical (unpaired) electrons. The van der Waals surface area contributed by atoms with Gasteiger partial charge >= 0.3 is 13.6 Å². The van der Waals surface area contributed by atoms with E-state index in [2.05, 4.69) is 0 Å². The van der Waals surface area contributed by atoms with Gasteiger partial charge in [0.1, 0.15) is 5.76 Å². The largest absolute Gasteiger partial charge is 0.427 e. The Labute approximate surface area is 106 Å². The molecule has 0 amide bonds. The number of rotatable bonds is 5. The Morgan fingerprint density at radius 2 is 1.72 bits per heavy atom. The van der Waals surface area contributed by atoms with Gasteiger partial charge in [-0.1, -0.05) is 18.2 Å². The maximum absolute atomic E-state index is 11.8. The lowest BCUT2D eigenvalue weighted by Gasteiger charge is -2.10. The molecule has 1 rings (SSSR count). The number of carbonyl (C=O) groups excluding carboxylic acids is 1. The molecular formula is C12H15O5P. The van der Waals surface area contributed by atoms with Crippen LogP contribution in [0.15, 0.2) is 41.9 Å². The minimum Gasteiger partial charge on any atom is -0.427 e. The maximum Gasteiger partial charge on any atom is 0.357 e. The van der Waals surface area contributed by atoms with E-state index in [1.165, 1.54) is 21.1 Å². The van der Waals surface area contributed by atoms with Crippen LogP contribution >= 0.6 is 7.60 Å². The van der Waals surface area contributed by atoms with Crippen LogP contribution in [0.1, 0.15) is 17.3 Å². The number of hydrogen-bond donors (Lipinski definition) is 0. The van der Waals surface area contributed by atoms with Gasteiger partial charge in [0.25, 0.3) is 0 Å². The Bertz CT molecular complexity index is 473. The molecule has 0 N–H and O–H groups in total. The third-order valence-electron chi connectivity index (χ3n) is 2.11. The van der Waals surface area contributed by atoms with E-state index in [0.717, 1.165) is 5.82 Å². The molecule has 0 heterocycles. The van der Waals surface area contributed by atoms with Crippen molar-refractivity contribution in [3.63, 3.8) is 0 Å². The number of carbonyl (C=O) groups is 1. The fourth-order valence-electron chi connectivity index (χ4n) is 1.21. The second kappa shape index (κ2) is 6.50. The van der Waals surface area contributed by atoms with E-state index in [1.807, 2.05) is 0 Å². The number of allylic oxidation sites excluding steroid dienone is 1. The van der Waals surface area contributed by atoms with E-state index in [9.17, 15) is 9.36 Å². The monoisotopic (exact) mass is 270 g/mol. The first-order valence-corrected chi connectivity index (χ1v) is 6.80. The van der Waals surface area contributed by atoms with Crippen molar-refractivity contribution in [2.45, 2.75) is 6.92 Å².